The molecule has 1 aliphatic rings. The van der Waals surface area contributed by atoms with Crippen molar-refractivity contribution in [2.75, 3.05) is 0 Å². The van der Waals surface area contributed by atoms with Crippen LogP contribution in [0.4, 0.5) is 0 Å². The fourth-order valence-corrected chi connectivity index (χ4v) is 0.976. The standard InChI is InChI=1S/C6H5IN2/c1-5-3-2-4-8-6(7)9-5/h2-3H,1H3. The van der Waals surface area contributed by atoms with Crippen molar-refractivity contribution in [2.45, 2.75) is 6.92 Å². The fourth-order valence-electron chi connectivity index (χ4n) is 0.456. The zero-order valence-electron chi connectivity index (χ0n) is 4.93. The van der Waals surface area contributed by atoms with Crippen molar-refractivity contribution in [1.29, 1.82) is 0 Å². The molecule has 1 heterocycles. The van der Waals surface area contributed by atoms with Crippen LogP contribution in [0.1, 0.15) is 6.92 Å². The molecule has 0 aromatic rings. The molecule has 0 aromatic carbocycles. The normalized spacial score (nSPS) is 16.7. The molecule has 0 fully saturated rings. The maximum atomic E-state index is 4.08. The Balaban J connectivity index is 3.00. The predicted octanol–water partition coefficient (Wildman–Crippen LogP) is 1.92. The van der Waals surface area contributed by atoms with E-state index in [1.807, 2.05) is 13.0 Å². The third-order valence-corrected chi connectivity index (χ3v) is 1.31. The van der Waals surface area contributed by atoms with Gasteiger partial charge in [-0.2, -0.15) is 4.99 Å². The molecule has 0 unspecified atom stereocenters. The first-order chi connectivity index (χ1) is 4.29. The van der Waals surface area contributed by atoms with Crippen LogP contribution in [0.3, 0.4) is 0 Å². The summed E-state index contributed by atoms with van der Waals surface area (Å²) in [6.07, 6.45) is 3.62. The van der Waals surface area contributed by atoms with Gasteiger partial charge in [-0.15, -0.1) is 0 Å². The van der Waals surface area contributed by atoms with Gasteiger partial charge in [0.15, 0.2) is 3.84 Å². The molecule has 0 saturated carbocycles. The molecule has 1 rings (SSSR count). The summed E-state index contributed by atoms with van der Waals surface area (Å²) in [7, 11) is 0. The number of hydrogen-bond acceptors (Lipinski definition) is 2. The Morgan fingerprint density at radius 3 is 3.22 bits per heavy atom. The summed E-state index contributed by atoms with van der Waals surface area (Å²) in [5.41, 5.74) is 0.966. The number of rotatable bonds is 0. The molecule has 0 saturated heterocycles. The number of amidine groups is 1. The van der Waals surface area contributed by atoms with E-state index in [9.17, 15) is 0 Å². The summed E-state index contributed by atoms with van der Waals surface area (Å²) >= 11 is 2.06. The quantitative estimate of drug-likeness (QED) is 0.450. The van der Waals surface area contributed by atoms with Gasteiger partial charge in [-0.25, -0.2) is 4.99 Å². The van der Waals surface area contributed by atoms with E-state index >= 15 is 0 Å². The highest BCUT2D eigenvalue weighted by Gasteiger charge is 1.89. The van der Waals surface area contributed by atoms with E-state index in [0.717, 1.165) is 9.54 Å². The van der Waals surface area contributed by atoms with Crippen LogP contribution in [0, 0.1) is 0 Å². The molecule has 0 atom stereocenters. The van der Waals surface area contributed by atoms with Gasteiger partial charge in [0.2, 0.25) is 0 Å². The zero-order chi connectivity index (χ0) is 6.69. The Bertz CT molecular complexity index is 231. The minimum atomic E-state index is 0.732. The number of aliphatic imine (C=N–C) groups is 2. The minimum Gasteiger partial charge on any atom is -0.228 e. The summed E-state index contributed by atoms with van der Waals surface area (Å²) in [6, 6.07) is 0. The summed E-state index contributed by atoms with van der Waals surface area (Å²) in [5.74, 6) is 2.71. The molecule has 2 nitrogen and oxygen atoms in total. The van der Waals surface area contributed by atoms with Gasteiger partial charge in [-0.1, -0.05) is 0 Å². The summed E-state index contributed by atoms with van der Waals surface area (Å²) < 4.78 is 0.732. The van der Waals surface area contributed by atoms with Crippen LogP contribution in [-0.2, 0) is 0 Å². The minimum absolute atomic E-state index is 0.732. The van der Waals surface area contributed by atoms with Gasteiger partial charge in [0.25, 0.3) is 0 Å². The van der Waals surface area contributed by atoms with Crippen LogP contribution in [0.15, 0.2) is 27.8 Å². The average molecular weight is 232 g/mol. The van der Waals surface area contributed by atoms with E-state index in [0.29, 0.717) is 0 Å². The molecule has 0 bridgehead atoms. The number of allylic oxidation sites excluding steroid dienone is 3. The highest BCUT2D eigenvalue weighted by Crippen LogP contribution is 2.02. The average Bonchev–Trinajstić information content (AvgIpc) is 1.93. The number of nitrogens with zero attached hydrogens (tertiary/aromatic N) is 2. The van der Waals surface area contributed by atoms with Crippen molar-refractivity contribution in [3.05, 3.63) is 17.8 Å². The monoisotopic (exact) mass is 232 g/mol. The lowest BCUT2D eigenvalue weighted by atomic mass is 10.4. The lowest BCUT2D eigenvalue weighted by molar-refractivity contribution is 1.31. The van der Waals surface area contributed by atoms with E-state index < -0.39 is 0 Å². The third kappa shape index (κ3) is 2.11. The smallest absolute Gasteiger partial charge is 0.199 e. The second-order valence-corrected chi connectivity index (χ2v) is 2.56. The molecule has 0 aromatic heterocycles. The molecule has 46 valence electrons. The van der Waals surface area contributed by atoms with E-state index in [4.69, 9.17) is 0 Å². The molecular formula is C6H5IN2. The number of hydrogen-bond donors (Lipinski definition) is 0. The van der Waals surface area contributed by atoms with Gasteiger partial charge in [0.05, 0.1) is 0 Å². The molecule has 0 radical (unpaired) electrons. The van der Waals surface area contributed by atoms with Crippen LogP contribution in [0.25, 0.3) is 0 Å². The topological polar surface area (TPSA) is 24.7 Å². The first-order valence-electron chi connectivity index (χ1n) is 2.49. The van der Waals surface area contributed by atoms with Crippen molar-refractivity contribution >= 4 is 32.3 Å². The highest BCUT2D eigenvalue weighted by atomic mass is 127. The van der Waals surface area contributed by atoms with Gasteiger partial charge < -0.3 is 0 Å². The molecular weight excluding hydrogens is 227 g/mol. The molecule has 1 aliphatic heterocycles. The van der Waals surface area contributed by atoms with Crippen LogP contribution in [0.2, 0.25) is 0 Å². The molecule has 9 heavy (non-hydrogen) atoms. The summed E-state index contributed by atoms with van der Waals surface area (Å²) in [5, 5.41) is 0. The highest BCUT2D eigenvalue weighted by molar-refractivity contribution is 14.1. The van der Waals surface area contributed by atoms with Gasteiger partial charge >= 0.3 is 0 Å². The van der Waals surface area contributed by atoms with Crippen molar-refractivity contribution in [3.8, 4) is 0 Å². The SMILES string of the molecule is CC1=CC=C=NC(I)=N1. The Hall–Kier alpha value is -0.410. The van der Waals surface area contributed by atoms with Gasteiger partial charge in [-0.05, 0) is 18.9 Å². The van der Waals surface area contributed by atoms with Gasteiger partial charge in [-0.3, -0.25) is 0 Å². The lowest BCUT2D eigenvalue weighted by Crippen LogP contribution is -1.76. The molecule has 0 spiro atoms. The summed E-state index contributed by atoms with van der Waals surface area (Å²) in [6.45, 7) is 1.93. The fraction of sp³-hybridized carbons (Fsp3) is 0.167. The lowest BCUT2D eigenvalue weighted by Gasteiger charge is -1.85. The van der Waals surface area contributed by atoms with Crippen LogP contribution < -0.4 is 0 Å². The van der Waals surface area contributed by atoms with Crippen molar-refractivity contribution in [3.63, 3.8) is 0 Å². The Morgan fingerprint density at radius 1 is 1.67 bits per heavy atom. The Morgan fingerprint density at radius 2 is 2.44 bits per heavy atom. The predicted molar refractivity (Wildman–Crippen MR) is 47.2 cm³/mol. The molecule has 0 amide bonds. The second-order valence-electron chi connectivity index (χ2n) is 1.60. The van der Waals surface area contributed by atoms with Crippen LogP contribution in [0.5, 0.6) is 0 Å². The van der Waals surface area contributed by atoms with E-state index in [2.05, 4.69) is 38.4 Å². The molecule has 3 heteroatoms. The van der Waals surface area contributed by atoms with Crippen molar-refractivity contribution in [1.82, 2.24) is 0 Å². The summed E-state index contributed by atoms with van der Waals surface area (Å²) in [4.78, 5) is 7.93. The molecule has 0 aliphatic carbocycles. The second kappa shape index (κ2) is 2.94. The van der Waals surface area contributed by atoms with Crippen LogP contribution in [-0.4, -0.2) is 9.71 Å². The van der Waals surface area contributed by atoms with E-state index in [1.54, 1.807) is 6.08 Å². The maximum Gasteiger partial charge on any atom is 0.199 e. The first-order valence-corrected chi connectivity index (χ1v) is 3.57. The van der Waals surface area contributed by atoms with E-state index in [1.165, 1.54) is 0 Å². The van der Waals surface area contributed by atoms with Gasteiger partial charge in [0.1, 0.15) is 0 Å². The Labute approximate surface area is 67.2 Å². The van der Waals surface area contributed by atoms with Gasteiger partial charge in [0, 0.05) is 34.4 Å². The van der Waals surface area contributed by atoms with Crippen LogP contribution >= 0.6 is 22.6 Å². The maximum absolute atomic E-state index is 4.08. The largest absolute Gasteiger partial charge is 0.228 e. The first kappa shape index (κ1) is 6.71. The number of halogens is 1. The zero-order valence-corrected chi connectivity index (χ0v) is 7.08. The third-order valence-electron chi connectivity index (χ3n) is 0.824. The van der Waals surface area contributed by atoms with Crippen molar-refractivity contribution < 1.29 is 0 Å². The molecule has 0 N–H and O–H groups in total. The Kier molecular flexibility index (Phi) is 2.19. The van der Waals surface area contributed by atoms with E-state index in [-0.39, 0.29) is 0 Å². The van der Waals surface area contributed by atoms with Crippen molar-refractivity contribution in [2.24, 2.45) is 9.98 Å².